The van der Waals surface area contributed by atoms with Crippen molar-refractivity contribution in [3.63, 3.8) is 0 Å². The number of rotatable bonds is 4. The summed E-state index contributed by atoms with van der Waals surface area (Å²) in [5, 5.41) is 1.26. The normalized spacial score (nSPS) is 11.4. The Morgan fingerprint density at radius 1 is 0.667 bits per heavy atom. The highest BCUT2D eigenvalue weighted by molar-refractivity contribution is 7.93. The number of aryl methyl sites for hydroxylation is 5. The average Bonchev–Trinajstić information content (AvgIpc) is 2.61. The Morgan fingerprint density at radius 2 is 1.07 bits per heavy atom. The molecule has 3 aromatic carbocycles. The summed E-state index contributed by atoms with van der Waals surface area (Å²) in [6.07, 6.45) is 0. The maximum atomic E-state index is 14.6. The van der Waals surface area contributed by atoms with Crippen LogP contribution in [0.4, 0.5) is 0 Å². The number of carbonyl (C=O) groups excluding carboxylic acids is 1. The predicted octanol–water partition coefficient (Wildman–Crippen LogP) is 5.38. The first-order chi connectivity index (χ1) is 12.8. The van der Waals surface area contributed by atoms with Crippen LogP contribution in [0.5, 0.6) is 0 Å². The van der Waals surface area contributed by atoms with E-state index in [-0.39, 0.29) is 5.52 Å². The highest BCUT2D eigenvalue weighted by Crippen LogP contribution is 2.49. The Hall–Kier alpha value is -2.44. The van der Waals surface area contributed by atoms with E-state index in [1.807, 2.05) is 95.3 Å². The fourth-order valence-corrected chi connectivity index (χ4v) is 6.96. The summed E-state index contributed by atoms with van der Waals surface area (Å²) in [6, 6.07) is 19.0. The van der Waals surface area contributed by atoms with Crippen molar-refractivity contribution in [1.29, 1.82) is 0 Å². The minimum absolute atomic E-state index is 0.277. The molecule has 2 nitrogen and oxygen atoms in total. The van der Waals surface area contributed by atoms with E-state index in [0.717, 1.165) is 27.8 Å². The quantitative estimate of drug-likeness (QED) is 0.573. The lowest BCUT2D eigenvalue weighted by Gasteiger charge is -2.23. The van der Waals surface area contributed by atoms with E-state index >= 15 is 0 Å². The minimum atomic E-state index is -3.52. The summed E-state index contributed by atoms with van der Waals surface area (Å²) in [5.41, 5.74) is 4.90. The third-order valence-electron chi connectivity index (χ3n) is 5.09. The monoisotopic (exact) mass is 376 g/mol. The van der Waals surface area contributed by atoms with E-state index in [4.69, 9.17) is 0 Å². The average molecular weight is 376 g/mol. The van der Waals surface area contributed by atoms with Crippen molar-refractivity contribution in [1.82, 2.24) is 0 Å². The lowest BCUT2D eigenvalue weighted by Crippen LogP contribution is -2.27. The molecule has 0 fully saturated rings. The molecule has 3 heteroatoms. The first-order valence-electron chi connectivity index (χ1n) is 9.12. The van der Waals surface area contributed by atoms with E-state index < -0.39 is 7.14 Å². The molecule has 0 saturated carbocycles. The van der Waals surface area contributed by atoms with Gasteiger partial charge < -0.3 is 4.57 Å². The Kier molecular flexibility index (Phi) is 5.22. The molecule has 0 bridgehead atoms. The highest BCUT2D eigenvalue weighted by atomic mass is 31.2. The second-order valence-electron chi connectivity index (χ2n) is 7.26. The summed E-state index contributed by atoms with van der Waals surface area (Å²) in [5.74, 6) is 0. The predicted molar refractivity (Wildman–Crippen MR) is 114 cm³/mol. The van der Waals surface area contributed by atoms with Crippen LogP contribution in [0, 0.1) is 34.6 Å². The van der Waals surface area contributed by atoms with Crippen molar-refractivity contribution in [3.8, 4) is 0 Å². The molecule has 0 saturated heterocycles. The summed E-state index contributed by atoms with van der Waals surface area (Å²) >= 11 is 0. The molecule has 0 aliphatic heterocycles. The smallest absolute Gasteiger partial charge is 0.230 e. The number of carbonyl (C=O) groups is 1. The van der Waals surface area contributed by atoms with E-state index in [9.17, 15) is 9.36 Å². The molecule has 0 spiro atoms. The van der Waals surface area contributed by atoms with Crippen molar-refractivity contribution in [2.24, 2.45) is 0 Å². The Bertz CT molecular complexity index is 1010. The molecule has 0 amide bonds. The van der Waals surface area contributed by atoms with Crippen molar-refractivity contribution in [2.45, 2.75) is 34.6 Å². The van der Waals surface area contributed by atoms with Crippen LogP contribution in [0.15, 0.2) is 60.7 Å². The Morgan fingerprint density at radius 3 is 1.48 bits per heavy atom. The van der Waals surface area contributed by atoms with E-state index in [1.165, 1.54) is 0 Å². The van der Waals surface area contributed by atoms with Gasteiger partial charge in [-0.15, -0.1) is 0 Å². The van der Waals surface area contributed by atoms with Gasteiger partial charge in [0.25, 0.3) is 0 Å². The molecule has 0 radical (unpaired) electrons. The zero-order valence-electron chi connectivity index (χ0n) is 16.5. The van der Waals surface area contributed by atoms with Gasteiger partial charge in [-0.2, -0.15) is 0 Å². The van der Waals surface area contributed by atoms with Gasteiger partial charge in [0.15, 0.2) is 0 Å². The van der Waals surface area contributed by atoms with Gasteiger partial charge in [0.2, 0.25) is 12.7 Å². The summed E-state index contributed by atoms with van der Waals surface area (Å²) in [7, 11) is -3.52. The van der Waals surface area contributed by atoms with Crippen LogP contribution in [0.25, 0.3) is 0 Å². The third-order valence-corrected chi connectivity index (χ3v) is 8.24. The van der Waals surface area contributed by atoms with Crippen LogP contribution < -0.4 is 10.6 Å². The molecule has 0 aliphatic carbocycles. The first kappa shape index (κ1) is 19.3. The third kappa shape index (κ3) is 3.31. The standard InChI is InChI=1S/C24H25O2P/c1-16-14-19(4)23(20(5)15-16)24(25)27(26,21-12-8-6-10-17(21)2)22-13-9-7-11-18(22)3/h6-15H,1-5H3. The fourth-order valence-electron chi connectivity index (χ4n) is 3.86. The number of hydrogen-bond donors (Lipinski definition) is 0. The largest absolute Gasteiger partial charge is 0.305 e. The van der Waals surface area contributed by atoms with Crippen LogP contribution in [-0.2, 0) is 4.57 Å². The maximum absolute atomic E-state index is 14.6. The molecule has 0 unspecified atom stereocenters. The minimum Gasteiger partial charge on any atom is -0.305 e. The van der Waals surface area contributed by atoms with Gasteiger partial charge >= 0.3 is 0 Å². The summed E-state index contributed by atoms with van der Waals surface area (Å²) in [4.78, 5) is 13.9. The van der Waals surface area contributed by atoms with Gasteiger partial charge in [-0.3, -0.25) is 4.79 Å². The Labute approximate surface area is 161 Å². The van der Waals surface area contributed by atoms with Gasteiger partial charge in [-0.25, -0.2) is 0 Å². The molecule has 27 heavy (non-hydrogen) atoms. The molecule has 0 aromatic heterocycles. The molecule has 0 heterocycles. The maximum Gasteiger partial charge on any atom is 0.230 e. The van der Waals surface area contributed by atoms with E-state index in [0.29, 0.717) is 16.2 Å². The molecule has 0 N–H and O–H groups in total. The molecule has 138 valence electrons. The van der Waals surface area contributed by atoms with Gasteiger partial charge in [0.05, 0.1) is 0 Å². The van der Waals surface area contributed by atoms with Crippen molar-refractivity contribution in [3.05, 3.63) is 94.0 Å². The molecular weight excluding hydrogens is 351 g/mol. The van der Waals surface area contributed by atoms with Gasteiger partial charge in [-0.05, 0) is 56.9 Å². The van der Waals surface area contributed by atoms with Crippen LogP contribution in [-0.4, -0.2) is 5.52 Å². The molecule has 3 aromatic rings. The van der Waals surface area contributed by atoms with Crippen molar-refractivity contribution >= 4 is 23.3 Å². The van der Waals surface area contributed by atoms with Crippen LogP contribution in [0.3, 0.4) is 0 Å². The van der Waals surface area contributed by atoms with Crippen LogP contribution in [0.1, 0.15) is 38.2 Å². The highest BCUT2D eigenvalue weighted by Gasteiger charge is 2.39. The number of hydrogen-bond acceptors (Lipinski definition) is 2. The summed E-state index contributed by atoms with van der Waals surface area (Å²) < 4.78 is 14.6. The second kappa shape index (κ2) is 7.29. The topological polar surface area (TPSA) is 34.1 Å². The molecule has 0 atom stereocenters. The lowest BCUT2D eigenvalue weighted by molar-refractivity contribution is 0.107. The fraction of sp³-hybridized carbons (Fsp3) is 0.208. The zero-order valence-corrected chi connectivity index (χ0v) is 17.4. The molecular formula is C24H25O2P. The SMILES string of the molecule is Cc1cc(C)c(C(=O)P(=O)(c2ccccc2C)c2ccccc2C)c(C)c1. The summed E-state index contributed by atoms with van der Waals surface area (Å²) in [6.45, 7) is 9.70. The molecule has 3 rings (SSSR count). The molecule has 0 aliphatic rings. The number of benzene rings is 3. The lowest BCUT2D eigenvalue weighted by atomic mass is 10.0. The van der Waals surface area contributed by atoms with Gasteiger partial charge in [0.1, 0.15) is 0 Å². The first-order valence-corrected chi connectivity index (χ1v) is 10.8. The zero-order chi connectivity index (χ0) is 19.8. The van der Waals surface area contributed by atoms with Crippen LogP contribution in [0.2, 0.25) is 0 Å². The van der Waals surface area contributed by atoms with Gasteiger partial charge in [-0.1, -0.05) is 66.2 Å². The van der Waals surface area contributed by atoms with E-state index in [1.54, 1.807) is 0 Å². The van der Waals surface area contributed by atoms with Crippen molar-refractivity contribution < 1.29 is 9.36 Å². The Balaban J connectivity index is 2.36. The van der Waals surface area contributed by atoms with E-state index in [2.05, 4.69) is 0 Å². The van der Waals surface area contributed by atoms with Crippen LogP contribution >= 0.6 is 7.14 Å². The van der Waals surface area contributed by atoms with Crippen molar-refractivity contribution in [2.75, 3.05) is 0 Å². The second-order valence-corrected chi connectivity index (χ2v) is 9.85. The van der Waals surface area contributed by atoms with Gasteiger partial charge in [0, 0.05) is 16.2 Å².